The van der Waals surface area contributed by atoms with Crippen LogP contribution in [0.4, 0.5) is 5.69 Å². The fourth-order valence-electron chi connectivity index (χ4n) is 2.67. The number of aliphatic imine (C=N–C) groups is 1. The predicted molar refractivity (Wildman–Crippen MR) is 113 cm³/mol. The van der Waals surface area contributed by atoms with Crippen molar-refractivity contribution in [3.8, 4) is 0 Å². The molecule has 1 unspecified atom stereocenters. The molecular formula is C21H25N5O4. The molecule has 0 bridgehead atoms. The molecule has 0 saturated carbocycles. The molecule has 0 aliphatic carbocycles. The minimum Gasteiger partial charge on any atom is -0.466 e. The van der Waals surface area contributed by atoms with Crippen LogP contribution < -0.4 is 21.9 Å². The van der Waals surface area contributed by atoms with Crippen LogP contribution in [0.2, 0.25) is 0 Å². The van der Waals surface area contributed by atoms with E-state index in [0.29, 0.717) is 11.3 Å². The molecule has 2 amide bonds. The van der Waals surface area contributed by atoms with E-state index < -0.39 is 23.8 Å². The van der Waals surface area contributed by atoms with E-state index >= 15 is 0 Å². The van der Waals surface area contributed by atoms with Gasteiger partial charge in [0.1, 0.15) is 6.34 Å². The third kappa shape index (κ3) is 7.36. The Hall–Kier alpha value is -3.72. The SMILES string of the molecule is CCOC(=O)CC(NC(=O)CNC(=O)c1cccc(N=CNN)c1)c1ccccc1. The van der Waals surface area contributed by atoms with Gasteiger partial charge in [-0.3, -0.25) is 14.4 Å². The highest BCUT2D eigenvalue weighted by atomic mass is 16.5. The number of hydrogen-bond donors (Lipinski definition) is 4. The molecule has 5 N–H and O–H groups in total. The van der Waals surface area contributed by atoms with E-state index in [-0.39, 0.29) is 19.6 Å². The number of nitrogens with zero attached hydrogens (tertiary/aromatic N) is 1. The van der Waals surface area contributed by atoms with Crippen molar-refractivity contribution in [2.75, 3.05) is 13.2 Å². The normalized spacial score (nSPS) is 11.5. The molecule has 0 radical (unpaired) electrons. The first-order valence-corrected chi connectivity index (χ1v) is 9.40. The molecule has 2 rings (SSSR count). The van der Waals surface area contributed by atoms with Crippen LogP contribution in [-0.2, 0) is 14.3 Å². The predicted octanol–water partition coefficient (Wildman–Crippen LogP) is 1.35. The summed E-state index contributed by atoms with van der Waals surface area (Å²) in [5, 5.41) is 5.33. The highest BCUT2D eigenvalue weighted by Gasteiger charge is 2.19. The van der Waals surface area contributed by atoms with E-state index in [2.05, 4.69) is 21.1 Å². The van der Waals surface area contributed by atoms with Gasteiger partial charge in [-0.1, -0.05) is 36.4 Å². The summed E-state index contributed by atoms with van der Waals surface area (Å²) in [5.74, 6) is 3.86. The van der Waals surface area contributed by atoms with Crippen LogP contribution in [-0.4, -0.2) is 37.3 Å². The molecule has 0 fully saturated rings. The summed E-state index contributed by atoms with van der Waals surface area (Å²) in [6.07, 6.45) is 1.28. The zero-order valence-electron chi connectivity index (χ0n) is 16.6. The summed E-state index contributed by atoms with van der Waals surface area (Å²) in [7, 11) is 0. The van der Waals surface area contributed by atoms with Crippen molar-refractivity contribution >= 4 is 29.8 Å². The molecule has 158 valence electrons. The number of rotatable bonds is 10. The minimum absolute atomic E-state index is 0.00718. The van der Waals surface area contributed by atoms with Crippen molar-refractivity contribution in [3.05, 3.63) is 65.7 Å². The maximum atomic E-state index is 12.4. The van der Waals surface area contributed by atoms with Gasteiger partial charge in [0, 0.05) is 5.56 Å². The summed E-state index contributed by atoms with van der Waals surface area (Å²) in [6, 6.07) is 15.1. The van der Waals surface area contributed by atoms with Crippen LogP contribution in [0.3, 0.4) is 0 Å². The van der Waals surface area contributed by atoms with Gasteiger partial charge in [-0.25, -0.2) is 10.8 Å². The van der Waals surface area contributed by atoms with E-state index in [0.717, 1.165) is 5.56 Å². The molecule has 0 saturated heterocycles. The standard InChI is InChI=1S/C21H25N5O4/c1-2-30-20(28)12-18(15-7-4-3-5-8-15)26-19(27)13-23-21(29)16-9-6-10-17(11-16)24-14-25-22/h3-11,14,18H,2,12-13,22H2,1H3,(H,23,29)(H,24,25)(H,26,27). The molecule has 0 spiro atoms. The molecule has 9 nitrogen and oxygen atoms in total. The largest absolute Gasteiger partial charge is 0.466 e. The lowest BCUT2D eigenvalue weighted by atomic mass is 10.0. The molecule has 9 heteroatoms. The molecule has 0 heterocycles. The molecule has 0 aliphatic rings. The number of nitrogens with two attached hydrogens (primary N) is 1. The van der Waals surface area contributed by atoms with Gasteiger partial charge in [0.25, 0.3) is 5.91 Å². The molecule has 1 atom stereocenters. The van der Waals surface area contributed by atoms with Gasteiger partial charge in [0.2, 0.25) is 5.91 Å². The van der Waals surface area contributed by atoms with Gasteiger partial charge in [-0.15, -0.1) is 0 Å². The number of carbonyl (C=O) groups is 3. The lowest BCUT2D eigenvalue weighted by molar-refractivity contribution is -0.143. The van der Waals surface area contributed by atoms with Gasteiger partial charge in [-0.05, 0) is 30.7 Å². The number of carbonyl (C=O) groups excluding carboxylic acids is 3. The Balaban J connectivity index is 1.97. The third-order valence-electron chi connectivity index (χ3n) is 4.02. The number of ether oxygens (including phenoxy) is 1. The van der Waals surface area contributed by atoms with Crippen molar-refractivity contribution in [1.29, 1.82) is 0 Å². The van der Waals surface area contributed by atoms with Crippen molar-refractivity contribution in [2.24, 2.45) is 10.8 Å². The lowest BCUT2D eigenvalue weighted by Crippen LogP contribution is -2.39. The van der Waals surface area contributed by atoms with Gasteiger partial charge in [-0.2, -0.15) is 0 Å². The van der Waals surface area contributed by atoms with E-state index in [1.54, 1.807) is 31.2 Å². The number of hydrogen-bond acceptors (Lipinski definition) is 6. The fraction of sp³-hybridized carbons (Fsp3) is 0.238. The minimum atomic E-state index is -0.559. The van der Waals surface area contributed by atoms with Crippen molar-refractivity contribution in [1.82, 2.24) is 16.1 Å². The zero-order chi connectivity index (χ0) is 21.8. The second-order valence-electron chi connectivity index (χ2n) is 6.20. The first kappa shape index (κ1) is 22.6. The molecule has 30 heavy (non-hydrogen) atoms. The number of nitrogens with one attached hydrogen (secondary N) is 3. The third-order valence-corrected chi connectivity index (χ3v) is 4.02. The summed E-state index contributed by atoms with van der Waals surface area (Å²) in [5.41, 5.74) is 3.93. The topological polar surface area (TPSA) is 135 Å². The molecular weight excluding hydrogens is 386 g/mol. The Bertz CT molecular complexity index is 886. The summed E-state index contributed by atoms with van der Waals surface area (Å²) in [6.45, 7) is 1.73. The first-order chi connectivity index (χ1) is 14.5. The fourth-order valence-corrected chi connectivity index (χ4v) is 2.67. The Kier molecular flexibility index (Phi) is 9.01. The summed E-state index contributed by atoms with van der Waals surface area (Å²) < 4.78 is 4.99. The summed E-state index contributed by atoms with van der Waals surface area (Å²) >= 11 is 0. The van der Waals surface area contributed by atoms with Gasteiger partial charge >= 0.3 is 5.97 Å². The Morgan fingerprint density at radius 1 is 1.13 bits per heavy atom. The number of amides is 2. The number of hydrazine groups is 1. The van der Waals surface area contributed by atoms with Gasteiger partial charge < -0.3 is 20.8 Å². The molecule has 0 aliphatic heterocycles. The van der Waals surface area contributed by atoms with Crippen LogP contribution in [0.15, 0.2) is 59.6 Å². The van der Waals surface area contributed by atoms with E-state index in [9.17, 15) is 14.4 Å². The zero-order valence-corrected chi connectivity index (χ0v) is 16.6. The second kappa shape index (κ2) is 12.0. The van der Waals surface area contributed by atoms with E-state index in [4.69, 9.17) is 10.6 Å². The number of esters is 1. The maximum absolute atomic E-state index is 12.4. The van der Waals surface area contributed by atoms with Crippen LogP contribution in [0, 0.1) is 0 Å². The van der Waals surface area contributed by atoms with Gasteiger partial charge in [0.05, 0.1) is 31.3 Å². The monoisotopic (exact) mass is 411 g/mol. The average Bonchev–Trinajstić information content (AvgIpc) is 2.76. The summed E-state index contributed by atoms with van der Waals surface area (Å²) in [4.78, 5) is 40.6. The van der Waals surface area contributed by atoms with Crippen molar-refractivity contribution in [3.63, 3.8) is 0 Å². The maximum Gasteiger partial charge on any atom is 0.308 e. The van der Waals surface area contributed by atoms with Crippen LogP contribution in [0.25, 0.3) is 0 Å². The van der Waals surface area contributed by atoms with Crippen molar-refractivity contribution < 1.29 is 19.1 Å². The first-order valence-electron chi connectivity index (χ1n) is 9.40. The van der Waals surface area contributed by atoms with Crippen LogP contribution >= 0.6 is 0 Å². The Labute approximate surface area is 174 Å². The Morgan fingerprint density at radius 3 is 2.60 bits per heavy atom. The quantitative estimate of drug-likeness (QED) is 0.153. The molecule has 0 aromatic heterocycles. The second-order valence-corrected chi connectivity index (χ2v) is 6.20. The molecule has 2 aromatic rings. The van der Waals surface area contributed by atoms with Crippen molar-refractivity contribution in [2.45, 2.75) is 19.4 Å². The Morgan fingerprint density at radius 2 is 1.90 bits per heavy atom. The lowest BCUT2D eigenvalue weighted by Gasteiger charge is -2.18. The van der Waals surface area contributed by atoms with Crippen LogP contribution in [0.5, 0.6) is 0 Å². The van der Waals surface area contributed by atoms with E-state index in [1.165, 1.54) is 6.34 Å². The highest BCUT2D eigenvalue weighted by molar-refractivity contribution is 5.97. The average molecular weight is 411 g/mol. The molecule has 2 aromatic carbocycles. The van der Waals surface area contributed by atoms with E-state index in [1.807, 2.05) is 30.3 Å². The smallest absolute Gasteiger partial charge is 0.308 e. The van der Waals surface area contributed by atoms with Gasteiger partial charge in [0.15, 0.2) is 0 Å². The highest BCUT2D eigenvalue weighted by Crippen LogP contribution is 2.17. The van der Waals surface area contributed by atoms with Crippen LogP contribution in [0.1, 0.15) is 35.3 Å². The number of benzene rings is 2.